The minimum absolute atomic E-state index is 1.31. The van der Waals surface area contributed by atoms with E-state index in [0.29, 0.717) is 0 Å². The molecule has 0 atom stereocenters. The summed E-state index contributed by atoms with van der Waals surface area (Å²) in [7, 11) is -2.61. The predicted molar refractivity (Wildman–Crippen MR) is 73.0 cm³/mol. The molecule has 0 aromatic rings. The Hall–Kier alpha value is 1.15. The van der Waals surface area contributed by atoms with Crippen molar-refractivity contribution in [1.29, 1.82) is 0 Å². The average molecular weight is 340 g/mol. The van der Waals surface area contributed by atoms with Crippen molar-refractivity contribution in [2.24, 2.45) is 0 Å². The van der Waals surface area contributed by atoms with Crippen LogP contribution in [0, 0.1) is 0 Å². The second kappa shape index (κ2) is 4.57. The number of hydrogen-bond donors (Lipinski definition) is 0. The fourth-order valence-electron chi connectivity index (χ4n) is 1.55. The van der Waals surface area contributed by atoms with Crippen LogP contribution in [-0.2, 0) is 3.17 Å². The van der Waals surface area contributed by atoms with Crippen LogP contribution in [-0.4, -0.2) is 39.7 Å². The Morgan fingerprint density at radius 3 is 1.14 bits per heavy atom. The molecule has 0 fully saturated rings. The van der Waals surface area contributed by atoms with Crippen LogP contribution < -0.4 is 0 Å². The van der Waals surface area contributed by atoms with Crippen molar-refractivity contribution in [2.45, 2.75) is 54.1 Å². The minimum atomic E-state index is -2.15. The van der Waals surface area contributed by atoms with Crippen molar-refractivity contribution in [1.82, 2.24) is 4.39 Å². The summed E-state index contributed by atoms with van der Waals surface area (Å²) >= 11 is -2.15. The van der Waals surface area contributed by atoms with E-state index in [1.807, 2.05) is 0 Å². The fraction of sp³-hybridized carbons (Fsp3) is 1.00. The summed E-state index contributed by atoms with van der Waals surface area (Å²) in [6, 6.07) is 0. The van der Waals surface area contributed by atoms with Crippen LogP contribution >= 0.6 is 0 Å². The molecule has 0 aromatic heterocycles. The van der Waals surface area contributed by atoms with Gasteiger partial charge >= 0.3 is 96.9 Å². The van der Waals surface area contributed by atoms with Crippen molar-refractivity contribution in [2.75, 3.05) is 0 Å². The quantitative estimate of drug-likeness (QED) is 0.571. The molecule has 0 radical (unpaired) electrons. The summed E-state index contributed by atoms with van der Waals surface area (Å²) in [5, 5.41) is 0. The van der Waals surface area contributed by atoms with Gasteiger partial charge in [-0.1, -0.05) is 0 Å². The molecule has 2 nitrogen and oxygen atoms in total. The Balaban J connectivity index is 4.78. The SMILES string of the molecule is C[Si](C)(C)N([O][Sn]([CH3])([CH3])[CH3])[Si](C)(C)C. The molecule has 0 aliphatic rings. The molecule has 0 saturated heterocycles. The molecule has 0 amide bonds. The van der Waals surface area contributed by atoms with Crippen LogP contribution in [0.4, 0.5) is 0 Å². The van der Waals surface area contributed by atoms with Crippen LogP contribution in [0.25, 0.3) is 0 Å². The third-order valence-corrected chi connectivity index (χ3v) is 11.4. The van der Waals surface area contributed by atoms with Gasteiger partial charge in [-0.25, -0.2) is 0 Å². The Morgan fingerprint density at radius 1 is 0.786 bits per heavy atom. The maximum absolute atomic E-state index is 6.33. The van der Waals surface area contributed by atoms with E-state index in [0.717, 1.165) is 0 Å². The van der Waals surface area contributed by atoms with Gasteiger partial charge in [-0.3, -0.25) is 0 Å². The molecular weight excluding hydrogens is 313 g/mol. The fourth-order valence-corrected chi connectivity index (χ4v) is 20.1. The summed E-state index contributed by atoms with van der Waals surface area (Å²) < 4.78 is 8.79. The molecule has 5 heteroatoms. The van der Waals surface area contributed by atoms with Crippen molar-refractivity contribution in [3.05, 3.63) is 0 Å². The normalized spacial score (nSPS) is 15.0. The Morgan fingerprint density at radius 2 is 1.07 bits per heavy atom. The third kappa shape index (κ3) is 5.89. The van der Waals surface area contributed by atoms with E-state index < -0.39 is 35.3 Å². The van der Waals surface area contributed by atoms with Crippen LogP contribution in [0.3, 0.4) is 0 Å². The van der Waals surface area contributed by atoms with Crippen LogP contribution in [0.2, 0.25) is 54.1 Å². The first kappa shape index (κ1) is 15.2. The molecule has 0 saturated carbocycles. The molecular formula is C9H27NOSi2Sn. The monoisotopic (exact) mass is 341 g/mol. The molecule has 0 N–H and O–H groups in total. The standard InChI is InChI=1S/C6H18NOSi2.3CH3.Sn/c1-9(2,3)7(8)10(4,5)6;;;;/h1-6H3;3*1H3;/q-1;;;;+1. The van der Waals surface area contributed by atoms with Gasteiger partial charge in [0.15, 0.2) is 0 Å². The van der Waals surface area contributed by atoms with E-state index in [-0.39, 0.29) is 0 Å². The van der Waals surface area contributed by atoms with Gasteiger partial charge in [0.25, 0.3) is 0 Å². The second-order valence-corrected chi connectivity index (χ2v) is 29.4. The first-order valence-electron chi connectivity index (χ1n) is 5.33. The molecule has 0 bridgehead atoms. The Bertz CT molecular complexity index is 176. The zero-order valence-corrected chi connectivity index (χ0v) is 16.2. The van der Waals surface area contributed by atoms with Gasteiger partial charge in [-0.15, -0.1) is 0 Å². The first-order valence-corrected chi connectivity index (χ1v) is 22.0. The zero-order chi connectivity index (χ0) is 11.8. The molecule has 14 heavy (non-hydrogen) atoms. The summed E-state index contributed by atoms with van der Waals surface area (Å²) in [5.41, 5.74) is 0. The van der Waals surface area contributed by atoms with Crippen LogP contribution in [0.1, 0.15) is 0 Å². The number of rotatable bonds is 4. The first-order chi connectivity index (χ1) is 5.84. The maximum atomic E-state index is 6.33. The van der Waals surface area contributed by atoms with E-state index in [2.05, 4.69) is 58.5 Å². The second-order valence-electron chi connectivity index (χ2n) is 6.84. The molecule has 0 unspecified atom stereocenters. The average Bonchev–Trinajstić information content (AvgIpc) is 1.75. The van der Waals surface area contributed by atoms with Crippen molar-refractivity contribution in [3.8, 4) is 0 Å². The molecule has 0 aliphatic heterocycles. The van der Waals surface area contributed by atoms with Gasteiger partial charge in [0.05, 0.1) is 0 Å². The zero-order valence-electron chi connectivity index (χ0n) is 11.4. The van der Waals surface area contributed by atoms with Gasteiger partial charge in [0.1, 0.15) is 0 Å². The van der Waals surface area contributed by atoms with Gasteiger partial charge in [0.2, 0.25) is 0 Å². The van der Waals surface area contributed by atoms with E-state index in [9.17, 15) is 0 Å². The molecule has 0 spiro atoms. The van der Waals surface area contributed by atoms with Crippen molar-refractivity contribution in [3.63, 3.8) is 0 Å². The molecule has 0 rings (SSSR count). The van der Waals surface area contributed by atoms with E-state index in [1.165, 1.54) is 0 Å². The number of hydrogen-bond acceptors (Lipinski definition) is 2. The predicted octanol–water partition coefficient (Wildman–Crippen LogP) is 3.72. The topological polar surface area (TPSA) is 12.5 Å². The Kier molecular flexibility index (Phi) is 4.94. The third-order valence-electron chi connectivity index (χ3n) is 1.58. The van der Waals surface area contributed by atoms with Crippen molar-refractivity contribution >= 4 is 35.3 Å². The molecule has 86 valence electrons. The van der Waals surface area contributed by atoms with Crippen molar-refractivity contribution < 1.29 is 3.17 Å². The molecule has 0 heterocycles. The van der Waals surface area contributed by atoms with Gasteiger partial charge in [0, 0.05) is 0 Å². The van der Waals surface area contributed by atoms with Gasteiger partial charge < -0.3 is 0 Å². The summed E-state index contributed by atoms with van der Waals surface area (Å²) in [6.45, 7) is 14.3. The summed E-state index contributed by atoms with van der Waals surface area (Å²) in [4.78, 5) is 7.01. The molecule has 0 aliphatic carbocycles. The van der Waals surface area contributed by atoms with E-state index >= 15 is 0 Å². The summed E-state index contributed by atoms with van der Waals surface area (Å²) in [5.74, 6) is 0. The number of nitrogens with zero attached hydrogens (tertiary/aromatic N) is 1. The molecule has 0 aromatic carbocycles. The van der Waals surface area contributed by atoms with Gasteiger partial charge in [-0.05, 0) is 0 Å². The summed E-state index contributed by atoms with van der Waals surface area (Å²) in [6.07, 6.45) is 0. The van der Waals surface area contributed by atoms with Gasteiger partial charge in [-0.2, -0.15) is 0 Å². The van der Waals surface area contributed by atoms with Crippen LogP contribution in [0.5, 0.6) is 0 Å². The van der Waals surface area contributed by atoms with Crippen LogP contribution in [0.15, 0.2) is 0 Å². The van der Waals surface area contributed by atoms with E-state index in [4.69, 9.17) is 3.17 Å². The Labute approximate surface area is 96.6 Å². The van der Waals surface area contributed by atoms with E-state index in [1.54, 1.807) is 0 Å².